The molecule has 2 unspecified atom stereocenters. The predicted molar refractivity (Wildman–Crippen MR) is 82.6 cm³/mol. The third-order valence-corrected chi connectivity index (χ3v) is 4.19. The van der Waals surface area contributed by atoms with E-state index in [1.807, 2.05) is 19.0 Å². The smallest absolute Gasteiger partial charge is 0.254 e. The summed E-state index contributed by atoms with van der Waals surface area (Å²) in [5, 5.41) is 9.83. The molecule has 0 saturated carbocycles. The number of likely N-dealkylation sites (N-methyl/N-ethyl adjacent to an activating group) is 1. The van der Waals surface area contributed by atoms with Crippen LogP contribution in [0.5, 0.6) is 0 Å². The van der Waals surface area contributed by atoms with Gasteiger partial charge in [-0.3, -0.25) is 4.79 Å². The van der Waals surface area contributed by atoms with Crippen molar-refractivity contribution in [2.75, 3.05) is 32.9 Å². The molecule has 1 aliphatic heterocycles. The fraction of sp³-hybridized carbons (Fsp3) is 0.500. The number of aliphatic hydroxyl groups is 1. The summed E-state index contributed by atoms with van der Waals surface area (Å²) in [6.07, 6.45) is 0.173. The number of carbonyl (C=O) groups excluding carboxylic acids is 1. The molecule has 0 aliphatic carbocycles. The van der Waals surface area contributed by atoms with Crippen LogP contribution in [0.15, 0.2) is 22.7 Å². The number of rotatable bonds is 3. The number of aliphatic hydroxyl groups excluding tert-OH is 1. The van der Waals surface area contributed by atoms with Crippen molar-refractivity contribution in [3.8, 4) is 0 Å². The molecule has 1 amide bonds. The van der Waals surface area contributed by atoms with Gasteiger partial charge in [0, 0.05) is 34.9 Å². The highest BCUT2D eigenvalue weighted by Gasteiger charge is 2.34. The minimum Gasteiger partial charge on any atom is -0.398 e. The Bertz CT molecular complexity index is 507. The van der Waals surface area contributed by atoms with Crippen molar-refractivity contribution in [3.05, 3.63) is 28.2 Å². The Hall–Kier alpha value is -1.11. The molecule has 1 aromatic rings. The SMILES string of the molecule is CN(C)CC1CC(O)CN1C(=O)c1ccc(Br)c(N)c1. The summed E-state index contributed by atoms with van der Waals surface area (Å²) in [5.74, 6) is -0.0763. The number of carbonyl (C=O) groups is 1. The first-order valence-electron chi connectivity index (χ1n) is 6.57. The van der Waals surface area contributed by atoms with Gasteiger partial charge >= 0.3 is 0 Å². The van der Waals surface area contributed by atoms with Crippen molar-refractivity contribution >= 4 is 27.5 Å². The Morgan fingerprint density at radius 3 is 2.85 bits per heavy atom. The molecule has 1 fully saturated rings. The molecule has 0 spiro atoms. The van der Waals surface area contributed by atoms with Crippen LogP contribution in [0.3, 0.4) is 0 Å². The summed E-state index contributed by atoms with van der Waals surface area (Å²) >= 11 is 3.32. The van der Waals surface area contributed by atoms with Gasteiger partial charge in [0.25, 0.3) is 5.91 Å². The number of nitrogens with zero attached hydrogens (tertiary/aromatic N) is 2. The molecule has 1 aliphatic rings. The summed E-state index contributed by atoms with van der Waals surface area (Å²) in [7, 11) is 3.93. The third-order valence-electron chi connectivity index (χ3n) is 3.47. The molecule has 1 saturated heterocycles. The molecule has 110 valence electrons. The first-order chi connectivity index (χ1) is 9.38. The van der Waals surface area contributed by atoms with Crippen LogP contribution in [0.2, 0.25) is 0 Å². The molecule has 0 radical (unpaired) electrons. The number of likely N-dealkylation sites (tertiary alicyclic amines) is 1. The zero-order valence-electron chi connectivity index (χ0n) is 11.7. The maximum atomic E-state index is 12.6. The lowest BCUT2D eigenvalue weighted by atomic mass is 10.1. The monoisotopic (exact) mass is 341 g/mol. The van der Waals surface area contributed by atoms with Gasteiger partial charge in [0.15, 0.2) is 0 Å². The van der Waals surface area contributed by atoms with Crippen molar-refractivity contribution < 1.29 is 9.90 Å². The maximum Gasteiger partial charge on any atom is 0.254 e. The average molecular weight is 342 g/mol. The molecular weight excluding hydrogens is 322 g/mol. The minimum absolute atomic E-state index is 0.0392. The van der Waals surface area contributed by atoms with Crippen molar-refractivity contribution in [2.45, 2.75) is 18.6 Å². The number of halogens is 1. The molecular formula is C14H20BrN3O2. The van der Waals surface area contributed by atoms with Crippen LogP contribution in [-0.2, 0) is 0 Å². The molecule has 1 aromatic carbocycles. The zero-order chi connectivity index (χ0) is 14.9. The predicted octanol–water partition coefficient (Wildman–Crippen LogP) is 1.17. The highest BCUT2D eigenvalue weighted by atomic mass is 79.9. The number of nitrogen functional groups attached to an aromatic ring is 1. The molecule has 3 N–H and O–H groups in total. The molecule has 1 heterocycles. The van der Waals surface area contributed by atoms with E-state index in [2.05, 4.69) is 15.9 Å². The van der Waals surface area contributed by atoms with Gasteiger partial charge in [-0.1, -0.05) is 0 Å². The van der Waals surface area contributed by atoms with Crippen molar-refractivity contribution in [2.24, 2.45) is 0 Å². The second-order valence-electron chi connectivity index (χ2n) is 5.50. The number of hydrogen-bond acceptors (Lipinski definition) is 4. The fourth-order valence-corrected chi connectivity index (χ4v) is 2.82. The van der Waals surface area contributed by atoms with Crippen molar-refractivity contribution in [1.29, 1.82) is 0 Å². The van der Waals surface area contributed by atoms with Gasteiger partial charge in [0.2, 0.25) is 0 Å². The van der Waals surface area contributed by atoms with E-state index in [1.54, 1.807) is 23.1 Å². The number of hydrogen-bond donors (Lipinski definition) is 2. The highest BCUT2D eigenvalue weighted by Crippen LogP contribution is 2.25. The quantitative estimate of drug-likeness (QED) is 0.809. The van der Waals surface area contributed by atoms with Gasteiger partial charge in [-0.2, -0.15) is 0 Å². The lowest BCUT2D eigenvalue weighted by molar-refractivity contribution is 0.0699. The summed E-state index contributed by atoms with van der Waals surface area (Å²) in [6, 6.07) is 5.23. The van der Waals surface area contributed by atoms with Crippen LogP contribution in [0.25, 0.3) is 0 Å². The lowest BCUT2D eigenvalue weighted by Gasteiger charge is -2.27. The third kappa shape index (κ3) is 3.31. The van der Waals surface area contributed by atoms with Crippen LogP contribution in [0.1, 0.15) is 16.8 Å². The van der Waals surface area contributed by atoms with Crippen LogP contribution in [0, 0.1) is 0 Å². The van der Waals surface area contributed by atoms with Gasteiger partial charge < -0.3 is 20.6 Å². The number of amides is 1. The van der Waals surface area contributed by atoms with E-state index in [1.165, 1.54) is 0 Å². The van der Waals surface area contributed by atoms with Crippen LogP contribution >= 0.6 is 15.9 Å². The topological polar surface area (TPSA) is 69.8 Å². The van der Waals surface area contributed by atoms with E-state index in [0.717, 1.165) is 11.0 Å². The van der Waals surface area contributed by atoms with Gasteiger partial charge in [-0.05, 0) is 54.6 Å². The molecule has 20 heavy (non-hydrogen) atoms. The van der Waals surface area contributed by atoms with Crippen LogP contribution in [-0.4, -0.2) is 60.1 Å². The molecule has 0 bridgehead atoms. The van der Waals surface area contributed by atoms with E-state index in [-0.39, 0.29) is 11.9 Å². The number of anilines is 1. The summed E-state index contributed by atoms with van der Waals surface area (Å²) < 4.78 is 0.778. The highest BCUT2D eigenvalue weighted by molar-refractivity contribution is 9.10. The van der Waals surface area contributed by atoms with Gasteiger partial charge in [-0.15, -0.1) is 0 Å². The molecule has 2 atom stereocenters. The van der Waals surface area contributed by atoms with E-state index in [9.17, 15) is 9.90 Å². The van der Waals surface area contributed by atoms with Gasteiger partial charge in [-0.25, -0.2) is 0 Å². The Labute approximate surface area is 127 Å². The second kappa shape index (κ2) is 6.11. The van der Waals surface area contributed by atoms with Gasteiger partial charge in [0.05, 0.1) is 6.10 Å². The lowest BCUT2D eigenvalue weighted by Crippen LogP contribution is -2.41. The second-order valence-corrected chi connectivity index (χ2v) is 6.35. The Balaban J connectivity index is 2.19. The first-order valence-corrected chi connectivity index (χ1v) is 7.36. The zero-order valence-corrected chi connectivity index (χ0v) is 13.3. The van der Waals surface area contributed by atoms with Crippen LogP contribution in [0.4, 0.5) is 5.69 Å². The molecule has 6 heteroatoms. The van der Waals surface area contributed by atoms with E-state index in [4.69, 9.17) is 5.73 Å². The Morgan fingerprint density at radius 1 is 1.55 bits per heavy atom. The number of nitrogens with two attached hydrogens (primary N) is 1. The Kier molecular flexibility index (Phi) is 4.67. The first kappa shape index (κ1) is 15.3. The largest absolute Gasteiger partial charge is 0.398 e. The van der Waals surface area contributed by atoms with Crippen molar-refractivity contribution in [1.82, 2.24) is 9.80 Å². The standard InChI is InChI=1S/C14H20BrN3O2/c1-17(2)7-10-6-11(19)8-18(10)14(20)9-3-4-12(15)13(16)5-9/h3-5,10-11,19H,6-8,16H2,1-2H3. The summed E-state index contributed by atoms with van der Waals surface area (Å²) in [5.41, 5.74) is 6.92. The molecule has 5 nitrogen and oxygen atoms in total. The molecule has 2 rings (SSSR count). The maximum absolute atomic E-state index is 12.6. The van der Waals surface area contributed by atoms with Crippen molar-refractivity contribution in [3.63, 3.8) is 0 Å². The Morgan fingerprint density at radius 2 is 2.25 bits per heavy atom. The minimum atomic E-state index is -0.448. The fourth-order valence-electron chi connectivity index (χ4n) is 2.58. The van der Waals surface area contributed by atoms with Crippen LogP contribution < -0.4 is 5.73 Å². The summed E-state index contributed by atoms with van der Waals surface area (Å²) in [6.45, 7) is 1.13. The number of benzene rings is 1. The number of β-amino-alcohol motifs (C(OH)–C–C–N with tert-alkyl or cyclic N) is 1. The van der Waals surface area contributed by atoms with E-state index in [0.29, 0.717) is 24.2 Å². The van der Waals surface area contributed by atoms with E-state index >= 15 is 0 Å². The van der Waals surface area contributed by atoms with Gasteiger partial charge in [0.1, 0.15) is 0 Å². The molecule has 0 aromatic heterocycles. The average Bonchev–Trinajstić information content (AvgIpc) is 2.72. The summed E-state index contributed by atoms with van der Waals surface area (Å²) in [4.78, 5) is 16.3. The van der Waals surface area contributed by atoms with E-state index < -0.39 is 6.10 Å². The normalized spacial score (nSPS) is 22.6.